The third-order valence-electron chi connectivity index (χ3n) is 11.1. The number of amides is 1. The Morgan fingerprint density at radius 2 is 1.56 bits per heavy atom. The third-order valence-corrected chi connectivity index (χ3v) is 11.1. The van der Waals surface area contributed by atoms with E-state index in [1.165, 1.54) is 49.4 Å². The minimum Gasteiger partial charge on any atom is -0.465 e. The summed E-state index contributed by atoms with van der Waals surface area (Å²) in [5.74, 6) is 0.695. The van der Waals surface area contributed by atoms with E-state index >= 15 is 0 Å². The number of hydrogen-bond acceptors (Lipinski definition) is 5. The smallest absolute Gasteiger partial charge is 0.337 e. The Balaban J connectivity index is 1.07. The zero-order valence-electron chi connectivity index (χ0n) is 26.7. The topological polar surface area (TPSA) is 67.7 Å². The number of nitrogens with zero attached hydrogens (tertiary/aromatic N) is 4. The van der Waals surface area contributed by atoms with Gasteiger partial charge in [-0.2, -0.15) is 0 Å². The van der Waals surface area contributed by atoms with Gasteiger partial charge in [0.05, 0.1) is 23.7 Å². The van der Waals surface area contributed by atoms with E-state index in [-0.39, 0.29) is 11.3 Å². The van der Waals surface area contributed by atoms with Crippen molar-refractivity contribution in [2.45, 2.75) is 82.3 Å². The van der Waals surface area contributed by atoms with Crippen molar-refractivity contribution >= 4 is 22.9 Å². The maximum absolute atomic E-state index is 13.6. The van der Waals surface area contributed by atoms with Crippen LogP contribution in [0.4, 0.5) is 0 Å². The van der Waals surface area contributed by atoms with E-state index in [1.54, 1.807) is 24.3 Å². The van der Waals surface area contributed by atoms with Gasteiger partial charge in [0.2, 0.25) is 0 Å². The molecule has 234 valence electrons. The highest BCUT2D eigenvalue weighted by Gasteiger charge is 2.44. The van der Waals surface area contributed by atoms with E-state index in [4.69, 9.17) is 9.72 Å². The van der Waals surface area contributed by atoms with E-state index in [0.29, 0.717) is 42.3 Å². The van der Waals surface area contributed by atoms with Crippen molar-refractivity contribution in [1.29, 1.82) is 0 Å². The molecule has 3 aliphatic rings. The molecule has 2 unspecified atom stereocenters. The van der Waals surface area contributed by atoms with Gasteiger partial charge in [-0.3, -0.25) is 9.69 Å². The van der Waals surface area contributed by atoms with Gasteiger partial charge in [-0.05, 0) is 107 Å². The largest absolute Gasteiger partial charge is 0.465 e. The Morgan fingerprint density at radius 3 is 2.29 bits per heavy atom. The highest BCUT2D eigenvalue weighted by atomic mass is 16.5. The zero-order valence-corrected chi connectivity index (χ0v) is 26.7. The first-order chi connectivity index (χ1) is 21.9. The van der Waals surface area contributed by atoms with E-state index in [0.717, 1.165) is 37.1 Å². The molecule has 2 atom stereocenters. The van der Waals surface area contributed by atoms with Gasteiger partial charge >= 0.3 is 5.97 Å². The second-order valence-electron chi connectivity index (χ2n) is 13.5. The van der Waals surface area contributed by atoms with Crippen molar-refractivity contribution in [3.05, 3.63) is 101 Å². The van der Waals surface area contributed by atoms with Crippen LogP contribution < -0.4 is 0 Å². The molecule has 4 heterocycles. The molecule has 3 aliphatic heterocycles. The number of likely N-dealkylation sites (tertiary alicyclic amines) is 1. The van der Waals surface area contributed by atoms with Gasteiger partial charge in [0.1, 0.15) is 5.82 Å². The van der Waals surface area contributed by atoms with Crippen LogP contribution in [0.1, 0.15) is 88.7 Å². The molecule has 7 nitrogen and oxygen atoms in total. The highest BCUT2D eigenvalue weighted by molar-refractivity contribution is 5.98. The summed E-state index contributed by atoms with van der Waals surface area (Å²) in [6, 6.07) is 26.0. The SMILES string of the molecule is COC(=O)c1cccc(C(=O)N2CCC(CCN3C4CCC3CC(n3c(C)nc5ccccc53)C4)(c3ccccc3C)CC2)c1. The molecule has 2 bridgehead atoms. The number of benzene rings is 3. The first-order valence-electron chi connectivity index (χ1n) is 16.6. The van der Waals surface area contributed by atoms with Gasteiger partial charge in [0, 0.05) is 42.2 Å². The van der Waals surface area contributed by atoms with E-state index in [2.05, 4.69) is 71.8 Å². The molecular formula is C38H44N4O3. The fourth-order valence-electron chi connectivity index (χ4n) is 8.83. The van der Waals surface area contributed by atoms with E-state index in [1.807, 2.05) is 4.90 Å². The lowest BCUT2D eigenvalue weighted by Gasteiger charge is -2.46. The van der Waals surface area contributed by atoms with Crippen LogP contribution in [0, 0.1) is 13.8 Å². The van der Waals surface area contributed by atoms with Crippen LogP contribution in [0.5, 0.6) is 0 Å². The van der Waals surface area contributed by atoms with Crippen LogP contribution in [-0.4, -0.2) is 70.1 Å². The van der Waals surface area contributed by atoms with Crippen molar-refractivity contribution in [3.8, 4) is 0 Å². The van der Waals surface area contributed by atoms with Gasteiger partial charge in [-0.1, -0.05) is 42.5 Å². The van der Waals surface area contributed by atoms with Gasteiger partial charge < -0.3 is 14.2 Å². The van der Waals surface area contributed by atoms with Gasteiger partial charge in [-0.25, -0.2) is 9.78 Å². The number of ether oxygens (including phenoxy) is 1. The average molecular weight is 605 g/mol. The molecule has 0 radical (unpaired) electrons. The number of aromatic nitrogens is 2. The number of imidazole rings is 1. The Labute approximate surface area is 266 Å². The highest BCUT2D eigenvalue weighted by Crippen LogP contribution is 2.45. The maximum atomic E-state index is 13.6. The molecule has 45 heavy (non-hydrogen) atoms. The average Bonchev–Trinajstić information content (AvgIpc) is 3.53. The quantitative estimate of drug-likeness (QED) is 0.215. The molecule has 1 amide bonds. The van der Waals surface area contributed by atoms with E-state index in [9.17, 15) is 9.59 Å². The van der Waals surface area contributed by atoms with Crippen LogP contribution in [-0.2, 0) is 10.2 Å². The summed E-state index contributed by atoms with van der Waals surface area (Å²) in [5, 5.41) is 0. The van der Waals surface area contributed by atoms with Gasteiger partial charge in [-0.15, -0.1) is 0 Å². The summed E-state index contributed by atoms with van der Waals surface area (Å²) in [4.78, 5) is 35.3. The minimum atomic E-state index is -0.423. The second kappa shape index (κ2) is 12.1. The van der Waals surface area contributed by atoms with Crippen molar-refractivity contribution in [2.75, 3.05) is 26.7 Å². The fourth-order valence-corrected chi connectivity index (χ4v) is 8.83. The Kier molecular flexibility index (Phi) is 7.98. The molecule has 7 rings (SSSR count). The standard InChI is InChI=1S/C38H44N4O3/c1-26-9-4-5-12-33(26)38(17-20-40(21-18-38)36(43)28-10-8-11-29(23-28)37(44)45-3)19-22-41-30-15-16-31(41)25-32(24-30)42-27(2)39-34-13-6-7-14-35(34)42/h4-14,23,30-32H,15-22,24-25H2,1-3H3. The molecule has 0 spiro atoms. The monoisotopic (exact) mass is 604 g/mol. The van der Waals surface area contributed by atoms with Crippen LogP contribution in [0.2, 0.25) is 0 Å². The molecule has 4 aromatic rings. The lowest BCUT2D eigenvalue weighted by atomic mass is 9.68. The Morgan fingerprint density at radius 1 is 0.867 bits per heavy atom. The summed E-state index contributed by atoms with van der Waals surface area (Å²) < 4.78 is 7.39. The lowest BCUT2D eigenvalue weighted by Crippen LogP contribution is -2.49. The first kappa shape index (κ1) is 29.7. The Hall–Kier alpha value is -3.97. The summed E-state index contributed by atoms with van der Waals surface area (Å²) >= 11 is 0. The molecule has 3 aromatic carbocycles. The van der Waals surface area contributed by atoms with Gasteiger partial charge in [0.15, 0.2) is 0 Å². The summed E-state index contributed by atoms with van der Waals surface area (Å²) in [5.41, 5.74) is 6.13. The first-order valence-corrected chi connectivity index (χ1v) is 16.6. The number of fused-ring (bicyclic) bond motifs is 3. The molecule has 1 aromatic heterocycles. The van der Waals surface area contributed by atoms with Crippen molar-refractivity contribution < 1.29 is 14.3 Å². The maximum Gasteiger partial charge on any atom is 0.337 e. The molecule has 3 fully saturated rings. The zero-order chi connectivity index (χ0) is 31.1. The number of esters is 1. The summed E-state index contributed by atoms with van der Waals surface area (Å²) in [6.07, 6.45) is 7.89. The number of carbonyl (C=O) groups excluding carboxylic acids is 2. The summed E-state index contributed by atoms with van der Waals surface area (Å²) in [7, 11) is 1.36. The van der Waals surface area contributed by atoms with Gasteiger partial charge in [0.25, 0.3) is 5.91 Å². The molecule has 3 saturated heterocycles. The molecule has 0 N–H and O–H groups in total. The molecule has 0 aliphatic carbocycles. The van der Waals surface area contributed by atoms with Crippen LogP contribution in [0.25, 0.3) is 11.0 Å². The number of carbonyl (C=O) groups is 2. The fraction of sp³-hybridized carbons (Fsp3) is 0.447. The van der Waals surface area contributed by atoms with Crippen molar-refractivity contribution in [3.63, 3.8) is 0 Å². The second-order valence-corrected chi connectivity index (χ2v) is 13.5. The number of rotatable bonds is 7. The molecule has 0 saturated carbocycles. The predicted octanol–water partition coefficient (Wildman–Crippen LogP) is 6.87. The lowest BCUT2D eigenvalue weighted by molar-refractivity contribution is 0.0600. The molecular weight excluding hydrogens is 560 g/mol. The van der Waals surface area contributed by atoms with Crippen molar-refractivity contribution in [1.82, 2.24) is 19.4 Å². The number of piperidine rings is 2. The number of hydrogen-bond donors (Lipinski definition) is 0. The van der Waals surface area contributed by atoms with Crippen LogP contribution in [0.15, 0.2) is 72.8 Å². The van der Waals surface area contributed by atoms with Crippen LogP contribution in [0.3, 0.4) is 0 Å². The Bertz CT molecular complexity index is 1700. The predicted molar refractivity (Wildman–Crippen MR) is 177 cm³/mol. The minimum absolute atomic E-state index is 0.0124. The summed E-state index contributed by atoms with van der Waals surface area (Å²) in [6.45, 7) is 6.90. The number of methoxy groups -OCH3 is 1. The normalized spacial score (nSPS) is 22.9. The number of aryl methyl sites for hydroxylation is 2. The number of para-hydroxylation sites is 2. The van der Waals surface area contributed by atoms with Crippen molar-refractivity contribution in [2.24, 2.45) is 0 Å². The molecule has 7 heteroatoms. The van der Waals surface area contributed by atoms with Crippen LogP contribution >= 0.6 is 0 Å². The van der Waals surface area contributed by atoms with E-state index < -0.39 is 5.97 Å². The third kappa shape index (κ3) is 5.45.